The fourth-order valence-electron chi connectivity index (χ4n) is 3.78. The first kappa shape index (κ1) is 12.6. The molecule has 0 aromatic carbocycles. The molecule has 4 atom stereocenters. The molecule has 0 radical (unpaired) electrons. The molecule has 0 amide bonds. The molecule has 17 heavy (non-hydrogen) atoms. The van der Waals surface area contributed by atoms with Crippen LogP contribution in [0.25, 0.3) is 0 Å². The van der Waals surface area contributed by atoms with Crippen LogP contribution < -0.4 is 5.32 Å². The monoisotopic (exact) mass is 239 g/mol. The van der Waals surface area contributed by atoms with Crippen molar-refractivity contribution in [3.05, 3.63) is 0 Å². The van der Waals surface area contributed by atoms with Gasteiger partial charge in [-0.1, -0.05) is 6.92 Å². The van der Waals surface area contributed by atoms with Crippen molar-refractivity contribution in [3.8, 4) is 0 Å². The average molecular weight is 239 g/mol. The van der Waals surface area contributed by atoms with E-state index in [0.717, 1.165) is 19.3 Å². The lowest BCUT2D eigenvalue weighted by Crippen LogP contribution is -2.47. The number of carbonyl (C=O) groups excluding carboxylic acids is 1. The van der Waals surface area contributed by atoms with Gasteiger partial charge in [-0.25, -0.2) is 0 Å². The van der Waals surface area contributed by atoms with Gasteiger partial charge in [0.25, 0.3) is 0 Å². The Morgan fingerprint density at radius 2 is 2.06 bits per heavy atom. The van der Waals surface area contributed by atoms with E-state index < -0.39 is 5.97 Å². The molecule has 0 spiro atoms. The average Bonchev–Trinajstić information content (AvgIpc) is 2.73. The molecular weight excluding hydrogens is 218 g/mol. The highest BCUT2D eigenvalue weighted by molar-refractivity contribution is 5.88. The maximum atomic E-state index is 11.7. The molecule has 4 heteroatoms. The van der Waals surface area contributed by atoms with Crippen molar-refractivity contribution in [2.75, 3.05) is 7.05 Å². The number of aliphatic carboxylic acids is 1. The molecule has 2 rings (SSSR count). The Morgan fingerprint density at radius 3 is 2.35 bits per heavy atom. The quantitative estimate of drug-likeness (QED) is 0.736. The maximum Gasteiger partial charge on any atom is 0.306 e. The fourth-order valence-corrected chi connectivity index (χ4v) is 3.78. The molecule has 2 fully saturated rings. The lowest BCUT2D eigenvalue weighted by Gasteiger charge is -2.40. The van der Waals surface area contributed by atoms with Gasteiger partial charge < -0.3 is 10.4 Å². The van der Waals surface area contributed by atoms with Crippen LogP contribution in [0.3, 0.4) is 0 Å². The van der Waals surface area contributed by atoms with Crippen LogP contribution in [0, 0.1) is 16.7 Å². The van der Waals surface area contributed by atoms with Crippen LogP contribution in [0.15, 0.2) is 0 Å². The highest BCUT2D eigenvalue weighted by Crippen LogP contribution is 2.79. The summed E-state index contributed by atoms with van der Waals surface area (Å²) in [6, 6.07) is 0.159. The summed E-state index contributed by atoms with van der Waals surface area (Å²) in [5.41, 5.74) is -0.0454. The predicted molar refractivity (Wildman–Crippen MR) is 63.7 cm³/mol. The number of carbonyl (C=O) groups is 2. The van der Waals surface area contributed by atoms with Crippen molar-refractivity contribution in [2.24, 2.45) is 16.7 Å². The van der Waals surface area contributed by atoms with Gasteiger partial charge in [-0.15, -0.1) is 0 Å². The van der Waals surface area contributed by atoms with Crippen LogP contribution in [0.1, 0.15) is 39.5 Å². The summed E-state index contributed by atoms with van der Waals surface area (Å²) in [6.45, 7) is 3.41. The Kier molecular flexibility index (Phi) is 2.81. The smallest absolute Gasteiger partial charge is 0.306 e. The van der Waals surface area contributed by atoms with E-state index in [-0.39, 0.29) is 28.6 Å². The van der Waals surface area contributed by atoms with Gasteiger partial charge in [0.2, 0.25) is 0 Å². The largest absolute Gasteiger partial charge is 0.481 e. The van der Waals surface area contributed by atoms with Crippen LogP contribution in [-0.2, 0) is 9.59 Å². The molecule has 0 bridgehead atoms. The van der Waals surface area contributed by atoms with Gasteiger partial charge in [-0.3, -0.25) is 9.59 Å². The summed E-state index contributed by atoms with van der Waals surface area (Å²) in [4.78, 5) is 22.6. The molecule has 0 aromatic heterocycles. The lowest BCUT2D eigenvalue weighted by atomic mass is 9.66. The minimum Gasteiger partial charge on any atom is -0.481 e. The number of carboxylic acid groups (broad SMARTS) is 1. The zero-order chi connectivity index (χ0) is 12.8. The van der Waals surface area contributed by atoms with Gasteiger partial charge in [-0.05, 0) is 45.1 Å². The summed E-state index contributed by atoms with van der Waals surface area (Å²) in [7, 11) is 1.87. The first-order valence-electron chi connectivity index (χ1n) is 6.31. The summed E-state index contributed by atoms with van der Waals surface area (Å²) < 4.78 is 0. The molecule has 0 heterocycles. The van der Waals surface area contributed by atoms with Gasteiger partial charge in [0.1, 0.15) is 5.78 Å². The molecule has 2 saturated carbocycles. The van der Waals surface area contributed by atoms with Crippen LogP contribution in [-0.4, -0.2) is 29.9 Å². The number of hydrogen-bond donors (Lipinski definition) is 2. The van der Waals surface area contributed by atoms with Crippen molar-refractivity contribution >= 4 is 11.8 Å². The third-order valence-corrected chi connectivity index (χ3v) is 5.14. The zero-order valence-corrected chi connectivity index (χ0v) is 10.7. The predicted octanol–water partition coefficient (Wildman–Crippen LogP) is 1.44. The third kappa shape index (κ3) is 1.53. The minimum absolute atomic E-state index is 0.0668. The number of Topliss-reactive ketones (excluding diaryl/α,β-unsaturated/α-hetero) is 1. The summed E-state index contributed by atoms with van der Waals surface area (Å²) in [5.74, 6) is -0.824. The maximum absolute atomic E-state index is 11.7. The molecule has 4 nitrogen and oxygen atoms in total. The molecule has 0 saturated heterocycles. The van der Waals surface area contributed by atoms with E-state index >= 15 is 0 Å². The molecule has 96 valence electrons. The van der Waals surface area contributed by atoms with Crippen LogP contribution in [0.5, 0.6) is 0 Å². The van der Waals surface area contributed by atoms with Gasteiger partial charge in [-0.2, -0.15) is 0 Å². The SMILES string of the molecule is CNC(CC(C)C(=O)O)C12CCC1(C(C)=O)C2. The second-order valence-electron chi connectivity index (χ2n) is 5.79. The van der Waals surface area contributed by atoms with E-state index in [0.29, 0.717) is 6.42 Å². The number of rotatable bonds is 6. The summed E-state index contributed by atoms with van der Waals surface area (Å²) in [5, 5.41) is 12.2. The molecule has 0 aromatic rings. The summed E-state index contributed by atoms with van der Waals surface area (Å²) in [6.07, 6.45) is 3.61. The van der Waals surface area contributed by atoms with E-state index in [1.54, 1.807) is 13.8 Å². The Bertz CT molecular complexity index is 368. The first-order valence-corrected chi connectivity index (χ1v) is 6.31. The fraction of sp³-hybridized carbons (Fsp3) is 0.846. The highest BCUT2D eigenvalue weighted by Gasteiger charge is 2.78. The Morgan fingerprint density at radius 1 is 1.41 bits per heavy atom. The Hall–Kier alpha value is -0.900. The number of carboxylic acids is 1. The van der Waals surface area contributed by atoms with Crippen molar-refractivity contribution in [1.29, 1.82) is 0 Å². The number of nitrogens with one attached hydrogen (secondary N) is 1. The first-order chi connectivity index (χ1) is 7.89. The summed E-state index contributed by atoms with van der Waals surface area (Å²) >= 11 is 0. The third-order valence-electron chi connectivity index (χ3n) is 5.14. The molecule has 2 aliphatic rings. The van der Waals surface area contributed by atoms with Crippen molar-refractivity contribution in [1.82, 2.24) is 5.32 Å². The molecule has 2 N–H and O–H groups in total. The zero-order valence-electron chi connectivity index (χ0n) is 10.7. The number of fused-ring (bicyclic) bond motifs is 1. The second kappa shape index (κ2) is 3.80. The van der Waals surface area contributed by atoms with Crippen LogP contribution in [0.2, 0.25) is 0 Å². The standard InChI is InChI=1S/C13H21NO3/c1-8(11(16)17)6-10(14-3)13-5-4-12(13,7-13)9(2)15/h8,10,14H,4-7H2,1-3H3,(H,16,17). The highest BCUT2D eigenvalue weighted by atomic mass is 16.4. The van der Waals surface area contributed by atoms with Gasteiger partial charge in [0.05, 0.1) is 5.92 Å². The van der Waals surface area contributed by atoms with E-state index in [4.69, 9.17) is 5.11 Å². The van der Waals surface area contributed by atoms with E-state index in [1.165, 1.54) is 0 Å². The second-order valence-corrected chi connectivity index (χ2v) is 5.79. The van der Waals surface area contributed by atoms with Crippen molar-refractivity contribution in [2.45, 2.75) is 45.6 Å². The lowest BCUT2D eigenvalue weighted by molar-refractivity contribution is -0.141. The van der Waals surface area contributed by atoms with Crippen molar-refractivity contribution in [3.63, 3.8) is 0 Å². The minimum atomic E-state index is -0.755. The topological polar surface area (TPSA) is 66.4 Å². The van der Waals surface area contributed by atoms with E-state index in [2.05, 4.69) is 5.32 Å². The Balaban J connectivity index is 2.07. The Labute approximate surface area is 102 Å². The van der Waals surface area contributed by atoms with Gasteiger partial charge in [0, 0.05) is 11.5 Å². The van der Waals surface area contributed by atoms with Crippen molar-refractivity contribution < 1.29 is 14.7 Å². The number of hydrogen-bond acceptors (Lipinski definition) is 3. The van der Waals surface area contributed by atoms with Gasteiger partial charge >= 0.3 is 5.97 Å². The van der Waals surface area contributed by atoms with Gasteiger partial charge in [0.15, 0.2) is 0 Å². The molecule has 2 aliphatic carbocycles. The van der Waals surface area contributed by atoms with Crippen LogP contribution in [0.4, 0.5) is 0 Å². The number of ketones is 1. The van der Waals surface area contributed by atoms with E-state index in [1.807, 2.05) is 7.05 Å². The van der Waals surface area contributed by atoms with E-state index in [9.17, 15) is 9.59 Å². The molecular formula is C13H21NO3. The van der Waals surface area contributed by atoms with Crippen LogP contribution >= 0.6 is 0 Å². The molecule has 0 aliphatic heterocycles. The normalized spacial score (nSPS) is 37.6. The molecule has 4 unspecified atom stereocenters.